The summed E-state index contributed by atoms with van der Waals surface area (Å²) in [6, 6.07) is 6.99. The van der Waals surface area contributed by atoms with Crippen molar-refractivity contribution in [3.05, 3.63) is 47.7 Å². The maximum atomic E-state index is 13.9. The molecule has 0 N–H and O–H groups in total. The molecular weight excluding hydrogens is 374 g/mol. The van der Waals surface area contributed by atoms with Gasteiger partial charge in [-0.2, -0.15) is 0 Å². The lowest BCUT2D eigenvalue weighted by Crippen LogP contribution is -2.37. The zero-order valence-corrected chi connectivity index (χ0v) is 15.7. The minimum atomic E-state index is -3.15. The number of nitrogens with zero attached hydrogens (tertiary/aromatic N) is 2. The highest BCUT2D eigenvalue weighted by atomic mass is 32.2. The summed E-state index contributed by atoms with van der Waals surface area (Å²) in [6.07, 6.45) is 2.29. The third-order valence-electron chi connectivity index (χ3n) is 5.10. The highest BCUT2D eigenvalue weighted by Crippen LogP contribution is 2.32. The Morgan fingerprint density at radius 2 is 1.74 bits per heavy atom. The first kappa shape index (κ1) is 18.6. The molecule has 2 fully saturated rings. The summed E-state index contributed by atoms with van der Waals surface area (Å²) in [6.45, 7) is 2.84. The lowest BCUT2D eigenvalue weighted by atomic mass is 10.1. The fourth-order valence-electron chi connectivity index (χ4n) is 3.49. The number of halogens is 2. The van der Waals surface area contributed by atoms with Crippen LogP contribution in [0.25, 0.3) is 11.3 Å². The largest absolute Gasteiger partial charge is 0.460 e. The van der Waals surface area contributed by atoms with E-state index in [9.17, 15) is 17.2 Å². The number of hydrogen-bond acceptors (Lipinski definition) is 4. The van der Waals surface area contributed by atoms with Crippen molar-refractivity contribution in [3.63, 3.8) is 0 Å². The number of sulfonamides is 1. The third-order valence-corrected chi connectivity index (χ3v) is 7.50. The van der Waals surface area contributed by atoms with Crippen molar-refractivity contribution < 1.29 is 21.6 Å². The number of rotatable bonds is 5. The molecule has 1 aliphatic heterocycles. The van der Waals surface area contributed by atoms with Crippen molar-refractivity contribution in [2.24, 2.45) is 0 Å². The zero-order valence-electron chi connectivity index (χ0n) is 14.9. The van der Waals surface area contributed by atoms with Gasteiger partial charge in [-0.15, -0.1) is 0 Å². The van der Waals surface area contributed by atoms with Crippen LogP contribution in [0.4, 0.5) is 8.78 Å². The Hall–Kier alpha value is -1.77. The summed E-state index contributed by atoms with van der Waals surface area (Å²) in [5.41, 5.74) is -0.165. The third kappa shape index (κ3) is 3.93. The smallest absolute Gasteiger partial charge is 0.217 e. The molecule has 2 aromatic rings. The second kappa shape index (κ2) is 7.33. The van der Waals surface area contributed by atoms with Crippen LogP contribution in [-0.2, 0) is 16.6 Å². The lowest BCUT2D eigenvalue weighted by molar-refractivity contribution is 0.256. The van der Waals surface area contributed by atoms with Gasteiger partial charge in [-0.1, -0.05) is 6.07 Å². The highest BCUT2D eigenvalue weighted by molar-refractivity contribution is 7.90. The number of benzene rings is 1. The average molecular weight is 396 g/mol. The summed E-state index contributed by atoms with van der Waals surface area (Å²) in [4.78, 5) is 2.11. The van der Waals surface area contributed by atoms with Gasteiger partial charge in [-0.25, -0.2) is 21.5 Å². The first-order valence-corrected chi connectivity index (χ1v) is 10.7. The van der Waals surface area contributed by atoms with E-state index >= 15 is 0 Å². The molecule has 146 valence electrons. The van der Waals surface area contributed by atoms with E-state index in [4.69, 9.17) is 4.42 Å². The molecule has 4 rings (SSSR count). The van der Waals surface area contributed by atoms with Crippen LogP contribution in [0.5, 0.6) is 0 Å². The van der Waals surface area contributed by atoms with Gasteiger partial charge in [0.25, 0.3) is 0 Å². The summed E-state index contributed by atoms with van der Waals surface area (Å²) >= 11 is 0. The van der Waals surface area contributed by atoms with Gasteiger partial charge in [0.2, 0.25) is 10.0 Å². The van der Waals surface area contributed by atoms with Gasteiger partial charge in [0.15, 0.2) is 0 Å². The van der Waals surface area contributed by atoms with Crippen LogP contribution in [-0.4, -0.2) is 49.1 Å². The summed E-state index contributed by atoms with van der Waals surface area (Å²) < 4.78 is 59.9. The molecular formula is C19H22F2N2O3S. The van der Waals surface area contributed by atoms with E-state index in [1.165, 1.54) is 18.2 Å². The van der Waals surface area contributed by atoms with E-state index in [-0.39, 0.29) is 16.6 Å². The van der Waals surface area contributed by atoms with Crippen LogP contribution in [0.15, 0.2) is 34.7 Å². The second-order valence-corrected chi connectivity index (χ2v) is 9.35. The van der Waals surface area contributed by atoms with Gasteiger partial charge in [0.05, 0.1) is 17.4 Å². The molecule has 0 spiro atoms. The Kier molecular flexibility index (Phi) is 5.05. The fourth-order valence-corrected chi connectivity index (χ4v) is 5.36. The Labute approximate surface area is 157 Å². The van der Waals surface area contributed by atoms with E-state index in [0.29, 0.717) is 31.9 Å². The van der Waals surface area contributed by atoms with Gasteiger partial charge >= 0.3 is 0 Å². The standard InChI is InChI=1S/C19H22F2N2O3S/c20-16-3-1-4-17(21)19(16)18-8-5-14(26-18)13-22-9-2-10-23(12-11-22)27(24,25)15-6-7-15/h1,3-5,8,15H,2,6-7,9-13H2. The van der Waals surface area contributed by atoms with Crippen LogP contribution in [0.1, 0.15) is 25.0 Å². The molecule has 0 bridgehead atoms. The Balaban J connectivity index is 1.42. The summed E-state index contributed by atoms with van der Waals surface area (Å²) in [5, 5.41) is -0.188. The molecule has 1 saturated carbocycles. The van der Waals surface area contributed by atoms with Gasteiger partial charge in [0.1, 0.15) is 23.2 Å². The predicted octanol–water partition coefficient (Wildman–Crippen LogP) is 3.22. The summed E-state index contributed by atoms with van der Waals surface area (Å²) in [5.74, 6) is -0.558. The molecule has 5 nitrogen and oxygen atoms in total. The topological polar surface area (TPSA) is 53.8 Å². The summed E-state index contributed by atoms with van der Waals surface area (Å²) in [7, 11) is -3.15. The van der Waals surface area contributed by atoms with Gasteiger partial charge in [-0.3, -0.25) is 4.90 Å². The first-order chi connectivity index (χ1) is 12.9. The molecule has 1 aromatic heterocycles. The minimum absolute atomic E-state index is 0.161. The molecule has 2 heterocycles. The number of hydrogen-bond donors (Lipinski definition) is 0. The Bertz CT molecular complexity index is 905. The van der Waals surface area contributed by atoms with Crippen molar-refractivity contribution in [1.82, 2.24) is 9.21 Å². The fraction of sp³-hybridized carbons (Fsp3) is 0.474. The van der Waals surface area contributed by atoms with Gasteiger partial charge in [0, 0.05) is 19.6 Å². The Morgan fingerprint density at radius 3 is 2.44 bits per heavy atom. The van der Waals surface area contributed by atoms with Crippen molar-refractivity contribution in [2.45, 2.75) is 31.1 Å². The molecule has 0 unspecified atom stereocenters. The van der Waals surface area contributed by atoms with Crippen molar-refractivity contribution in [1.29, 1.82) is 0 Å². The van der Waals surface area contributed by atoms with E-state index in [2.05, 4.69) is 4.90 Å². The van der Waals surface area contributed by atoms with Gasteiger partial charge < -0.3 is 4.42 Å². The second-order valence-electron chi connectivity index (χ2n) is 7.14. The van der Waals surface area contributed by atoms with Gasteiger partial charge in [-0.05, 0) is 50.1 Å². The van der Waals surface area contributed by atoms with Crippen LogP contribution >= 0.6 is 0 Å². The minimum Gasteiger partial charge on any atom is -0.460 e. The molecule has 2 aliphatic rings. The van der Waals surface area contributed by atoms with E-state index < -0.39 is 21.7 Å². The maximum absolute atomic E-state index is 13.9. The highest BCUT2D eigenvalue weighted by Gasteiger charge is 2.40. The lowest BCUT2D eigenvalue weighted by Gasteiger charge is -2.21. The van der Waals surface area contributed by atoms with Crippen LogP contribution in [0.2, 0.25) is 0 Å². The van der Waals surface area contributed by atoms with Crippen LogP contribution in [0.3, 0.4) is 0 Å². The molecule has 0 amide bonds. The maximum Gasteiger partial charge on any atom is 0.217 e. The zero-order chi connectivity index (χ0) is 19.0. The SMILES string of the molecule is O=S(=O)(C1CC1)N1CCCN(Cc2ccc(-c3c(F)cccc3F)o2)CC1. The molecule has 1 aromatic carbocycles. The first-order valence-electron chi connectivity index (χ1n) is 9.19. The van der Waals surface area contributed by atoms with Crippen molar-refractivity contribution in [2.75, 3.05) is 26.2 Å². The van der Waals surface area contributed by atoms with Crippen LogP contribution in [0, 0.1) is 11.6 Å². The average Bonchev–Trinajstić information content (AvgIpc) is 3.41. The molecule has 1 aliphatic carbocycles. The van der Waals surface area contributed by atoms with E-state index in [0.717, 1.165) is 25.8 Å². The predicted molar refractivity (Wildman–Crippen MR) is 97.5 cm³/mol. The molecule has 0 atom stereocenters. The quantitative estimate of drug-likeness (QED) is 0.779. The molecule has 8 heteroatoms. The number of furan rings is 1. The normalized spacial score (nSPS) is 19.9. The van der Waals surface area contributed by atoms with E-state index in [1.807, 2.05) is 0 Å². The molecule has 0 radical (unpaired) electrons. The van der Waals surface area contributed by atoms with E-state index in [1.54, 1.807) is 16.4 Å². The van der Waals surface area contributed by atoms with Crippen molar-refractivity contribution in [3.8, 4) is 11.3 Å². The van der Waals surface area contributed by atoms with Crippen LogP contribution < -0.4 is 0 Å². The Morgan fingerprint density at radius 1 is 1.00 bits per heavy atom. The molecule has 27 heavy (non-hydrogen) atoms. The van der Waals surface area contributed by atoms with Crippen molar-refractivity contribution >= 4 is 10.0 Å². The monoisotopic (exact) mass is 396 g/mol. The molecule has 1 saturated heterocycles.